The molecule has 0 fully saturated rings. The van der Waals surface area contributed by atoms with Crippen LogP contribution in [0.25, 0.3) is 15.7 Å². The van der Waals surface area contributed by atoms with Crippen molar-refractivity contribution in [3.05, 3.63) is 54.9 Å². The van der Waals surface area contributed by atoms with Crippen molar-refractivity contribution in [2.75, 3.05) is 31.6 Å². The van der Waals surface area contributed by atoms with Gasteiger partial charge in [0.25, 0.3) is 0 Å². The maximum atomic E-state index is 13.7. The van der Waals surface area contributed by atoms with E-state index in [4.69, 9.17) is 4.74 Å². The fourth-order valence-corrected chi connectivity index (χ4v) is 6.67. The van der Waals surface area contributed by atoms with Gasteiger partial charge in [0.15, 0.2) is 0 Å². The van der Waals surface area contributed by atoms with Crippen LogP contribution in [-0.4, -0.2) is 58.7 Å². The van der Waals surface area contributed by atoms with Crippen LogP contribution < -0.4 is 5.32 Å². The Morgan fingerprint density at radius 1 is 1.05 bits per heavy atom. The molecule has 1 N–H and O–H groups in total. The summed E-state index contributed by atoms with van der Waals surface area (Å²) in [5.41, 5.74) is 0. The first-order valence-corrected chi connectivity index (χ1v) is 14.9. The highest BCUT2D eigenvalue weighted by Gasteiger charge is 2.26. The van der Waals surface area contributed by atoms with E-state index in [0.717, 1.165) is 48.5 Å². The first-order valence-electron chi connectivity index (χ1n) is 12.7. The number of nitrogens with one attached hydrogen (secondary N) is 1. The summed E-state index contributed by atoms with van der Waals surface area (Å²) in [6, 6.07) is 12.9. The number of fused-ring (bicyclic) bond motifs is 2. The zero-order chi connectivity index (χ0) is 26.1. The maximum Gasteiger partial charge on any atom is 0.305 e. The topological polar surface area (TPSA) is 106 Å². The van der Waals surface area contributed by atoms with Gasteiger partial charge in [-0.05, 0) is 37.6 Å². The van der Waals surface area contributed by atoms with Gasteiger partial charge in [-0.25, -0.2) is 13.4 Å². The molecule has 198 valence electrons. The molecule has 0 unspecified atom stereocenters. The molecule has 37 heavy (non-hydrogen) atoms. The number of ether oxygens (including phenoxy) is 1. The standard InChI is InChI=1S/C26H33N5O4S2/c1-2-35-24(32)15-10-19-30(37(33,34)23-14-9-12-21-11-5-6-13-22(21)23)18-8-4-3-7-16-27-25-29-36-26-28-17-20-31(25)26/h5-6,9,11-14,17,20H,2-4,7-8,10,15-16,18-19H2,1H3,(H,27,29). The molecule has 0 bridgehead atoms. The van der Waals surface area contributed by atoms with Gasteiger partial charge in [-0.15, -0.1) is 0 Å². The number of anilines is 1. The molecule has 0 aliphatic carbocycles. The average molecular weight is 544 g/mol. The van der Waals surface area contributed by atoms with Crippen molar-refractivity contribution in [1.82, 2.24) is 18.1 Å². The summed E-state index contributed by atoms with van der Waals surface area (Å²) >= 11 is 1.36. The number of hydrogen-bond acceptors (Lipinski definition) is 8. The van der Waals surface area contributed by atoms with E-state index in [9.17, 15) is 13.2 Å². The summed E-state index contributed by atoms with van der Waals surface area (Å²) in [5.74, 6) is 0.497. The number of aromatic nitrogens is 3. The third-order valence-corrected chi connectivity index (χ3v) is 8.81. The van der Waals surface area contributed by atoms with E-state index in [-0.39, 0.29) is 18.9 Å². The van der Waals surface area contributed by atoms with Crippen LogP contribution in [0.1, 0.15) is 45.4 Å². The van der Waals surface area contributed by atoms with Crippen LogP contribution >= 0.6 is 11.5 Å². The first-order chi connectivity index (χ1) is 18.0. The Balaban J connectivity index is 1.33. The van der Waals surface area contributed by atoms with Gasteiger partial charge >= 0.3 is 5.97 Å². The Hall–Kier alpha value is -3.02. The largest absolute Gasteiger partial charge is 0.466 e. The third kappa shape index (κ3) is 6.85. The number of carbonyl (C=O) groups excluding carboxylic acids is 1. The average Bonchev–Trinajstić information content (AvgIpc) is 3.51. The quantitative estimate of drug-likeness (QED) is 0.167. The minimum absolute atomic E-state index is 0.196. The summed E-state index contributed by atoms with van der Waals surface area (Å²) in [6.45, 7) is 3.55. The smallest absolute Gasteiger partial charge is 0.305 e. The molecule has 0 saturated heterocycles. The van der Waals surface area contributed by atoms with Gasteiger partial charge < -0.3 is 10.1 Å². The highest BCUT2D eigenvalue weighted by molar-refractivity contribution is 7.89. The molecule has 2 heterocycles. The molecule has 0 amide bonds. The van der Waals surface area contributed by atoms with Crippen LogP contribution in [0.3, 0.4) is 0 Å². The number of hydrogen-bond donors (Lipinski definition) is 1. The molecule has 2 aromatic heterocycles. The van der Waals surface area contributed by atoms with Crippen molar-refractivity contribution in [3.63, 3.8) is 0 Å². The lowest BCUT2D eigenvalue weighted by Crippen LogP contribution is -2.33. The molecule has 9 nitrogen and oxygen atoms in total. The number of unbranched alkanes of at least 4 members (excludes halogenated alkanes) is 3. The number of sulfonamides is 1. The normalized spacial score (nSPS) is 11.9. The van der Waals surface area contributed by atoms with E-state index in [1.807, 2.05) is 40.9 Å². The second kappa shape index (κ2) is 13.0. The van der Waals surface area contributed by atoms with E-state index < -0.39 is 10.0 Å². The molecule has 2 aromatic carbocycles. The molecule has 4 aromatic rings. The molecule has 11 heteroatoms. The SMILES string of the molecule is CCOC(=O)CCCN(CCCCCCNc1nsc2nccn12)S(=O)(=O)c1cccc2ccccc12. The van der Waals surface area contributed by atoms with Gasteiger partial charge in [0, 0.05) is 55.4 Å². The van der Waals surface area contributed by atoms with Crippen LogP contribution in [0.4, 0.5) is 5.95 Å². The molecule has 0 aliphatic rings. The van der Waals surface area contributed by atoms with Gasteiger partial charge in [-0.2, -0.15) is 8.68 Å². The lowest BCUT2D eigenvalue weighted by Gasteiger charge is -2.23. The Morgan fingerprint density at radius 2 is 1.84 bits per heavy atom. The second-order valence-electron chi connectivity index (χ2n) is 8.72. The summed E-state index contributed by atoms with van der Waals surface area (Å²) in [5, 5.41) is 4.93. The molecular formula is C26H33N5O4S2. The van der Waals surface area contributed by atoms with Gasteiger partial charge in [0.2, 0.25) is 20.9 Å². The van der Waals surface area contributed by atoms with E-state index in [2.05, 4.69) is 14.7 Å². The summed E-state index contributed by atoms with van der Waals surface area (Å²) in [4.78, 5) is 17.2. The van der Waals surface area contributed by atoms with Gasteiger partial charge in [0.05, 0.1) is 11.5 Å². The van der Waals surface area contributed by atoms with Crippen LogP contribution in [0, 0.1) is 0 Å². The Bertz CT molecular complexity index is 1410. The monoisotopic (exact) mass is 543 g/mol. The van der Waals surface area contributed by atoms with E-state index in [1.165, 1.54) is 15.8 Å². The number of benzene rings is 2. The van der Waals surface area contributed by atoms with Crippen LogP contribution in [0.5, 0.6) is 0 Å². The Kier molecular flexibility index (Phi) is 9.48. The lowest BCUT2D eigenvalue weighted by atomic mass is 10.1. The Morgan fingerprint density at radius 3 is 2.70 bits per heavy atom. The van der Waals surface area contributed by atoms with E-state index >= 15 is 0 Å². The molecule has 0 radical (unpaired) electrons. The minimum Gasteiger partial charge on any atom is -0.466 e. The highest BCUT2D eigenvalue weighted by Crippen LogP contribution is 2.26. The maximum absolute atomic E-state index is 13.7. The van der Waals surface area contributed by atoms with E-state index in [0.29, 0.717) is 29.9 Å². The number of imidazole rings is 1. The second-order valence-corrected chi connectivity index (χ2v) is 11.4. The highest BCUT2D eigenvalue weighted by atomic mass is 32.2. The first kappa shape index (κ1) is 27.0. The Labute approximate surface area is 221 Å². The van der Waals surface area contributed by atoms with Gasteiger partial charge in [-0.3, -0.25) is 9.20 Å². The molecule has 4 rings (SSSR count). The minimum atomic E-state index is -3.73. The van der Waals surface area contributed by atoms with Crippen LogP contribution in [0.2, 0.25) is 0 Å². The number of rotatable bonds is 15. The van der Waals surface area contributed by atoms with Crippen molar-refractivity contribution in [2.45, 2.75) is 50.3 Å². The van der Waals surface area contributed by atoms with Crippen molar-refractivity contribution < 1.29 is 17.9 Å². The fraction of sp³-hybridized carbons (Fsp3) is 0.423. The summed E-state index contributed by atoms with van der Waals surface area (Å²) in [6.07, 6.45) is 7.81. The van der Waals surface area contributed by atoms with Gasteiger partial charge in [0.1, 0.15) is 0 Å². The predicted octanol–water partition coefficient (Wildman–Crippen LogP) is 4.95. The zero-order valence-corrected chi connectivity index (χ0v) is 22.6. The van der Waals surface area contributed by atoms with Crippen LogP contribution in [-0.2, 0) is 19.6 Å². The summed E-state index contributed by atoms with van der Waals surface area (Å²) < 4.78 is 40.3. The van der Waals surface area contributed by atoms with Gasteiger partial charge in [-0.1, -0.05) is 49.2 Å². The third-order valence-electron chi connectivity index (χ3n) is 6.13. The predicted molar refractivity (Wildman–Crippen MR) is 146 cm³/mol. The lowest BCUT2D eigenvalue weighted by molar-refractivity contribution is -0.143. The van der Waals surface area contributed by atoms with E-state index in [1.54, 1.807) is 25.3 Å². The van der Waals surface area contributed by atoms with Crippen molar-refractivity contribution in [1.29, 1.82) is 0 Å². The van der Waals surface area contributed by atoms with Crippen molar-refractivity contribution in [2.24, 2.45) is 0 Å². The number of nitrogens with zero attached hydrogens (tertiary/aromatic N) is 4. The zero-order valence-electron chi connectivity index (χ0n) is 21.0. The van der Waals surface area contributed by atoms with Crippen LogP contribution in [0.15, 0.2) is 59.8 Å². The van der Waals surface area contributed by atoms with Crippen molar-refractivity contribution in [3.8, 4) is 0 Å². The van der Waals surface area contributed by atoms with Crippen molar-refractivity contribution >= 4 is 49.2 Å². The fourth-order valence-electron chi connectivity index (χ4n) is 4.28. The number of esters is 1. The molecule has 0 aliphatic heterocycles. The molecule has 0 saturated carbocycles. The number of carbonyl (C=O) groups is 1. The molecule has 0 spiro atoms. The molecular weight excluding hydrogens is 510 g/mol. The molecule has 0 atom stereocenters. The summed E-state index contributed by atoms with van der Waals surface area (Å²) in [7, 11) is -3.73.